The van der Waals surface area contributed by atoms with Crippen LogP contribution in [0.1, 0.15) is 12.1 Å². The Bertz CT molecular complexity index is 552. The SMILES string of the molecule is Cc1nn(CC(=O)N2N=CC[C@@]2(O)C(F)(F)F)cc1Br. The van der Waals surface area contributed by atoms with Crippen molar-refractivity contribution in [2.75, 3.05) is 0 Å². The predicted molar refractivity (Wildman–Crippen MR) is 65.6 cm³/mol. The Kier molecular flexibility index (Phi) is 3.63. The molecule has 2 heterocycles. The number of hydrogen-bond acceptors (Lipinski definition) is 4. The molecule has 0 aliphatic carbocycles. The number of rotatable bonds is 2. The summed E-state index contributed by atoms with van der Waals surface area (Å²) in [6.07, 6.45) is -3.46. The van der Waals surface area contributed by atoms with Gasteiger partial charge in [0.05, 0.1) is 10.2 Å². The standard InChI is InChI=1S/C10H10BrF3N4O2/c1-6-7(11)4-17(16-6)5-8(19)18-9(20,2-3-15-18)10(12,13)14/h3-4,20H,2,5H2,1H3/t9-/m1/s1. The van der Waals surface area contributed by atoms with Crippen molar-refractivity contribution in [3.05, 3.63) is 16.4 Å². The third-order valence-electron chi connectivity index (χ3n) is 2.80. The Morgan fingerprint density at radius 3 is 2.75 bits per heavy atom. The molecule has 0 unspecified atom stereocenters. The number of nitrogens with zero attached hydrogens (tertiary/aromatic N) is 4. The summed E-state index contributed by atoms with van der Waals surface area (Å²) in [7, 11) is 0. The van der Waals surface area contributed by atoms with Crippen LogP contribution < -0.4 is 0 Å². The van der Waals surface area contributed by atoms with Crippen LogP contribution in [0.15, 0.2) is 15.8 Å². The van der Waals surface area contributed by atoms with E-state index < -0.39 is 30.8 Å². The Labute approximate surface area is 120 Å². The molecule has 6 nitrogen and oxygen atoms in total. The van der Waals surface area contributed by atoms with Gasteiger partial charge in [-0.25, -0.2) is 0 Å². The van der Waals surface area contributed by atoms with Crippen LogP contribution in [-0.4, -0.2) is 43.9 Å². The Balaban J connectivity index is 2.18. The maximum atomic E-state index is 12.8. The average Bonchev–Trinajstić information content (AvgIpc) is 2.83. The molecule has 1 atom stereocenters. The van der Waals surface area contributed by atoms with Gasteiger partial charge in [-0.15, -0.1) is 0 Å². The van der Waals surface area contributed by atoms with Crippen LogP contribution in [-0.2, 0) is 11.3 Å². The monoisotopic (exact) mass is 354 g/mol. The average molecular weight is 355 g/mol. The van der Waals surface area contributed by atoms with Gasteiger partial charge in [0.2, 0.25) is 0 Å². The number of carbonyl (C=O) groups excluding carboxylic acids is 1. The highest BCUT2D eigenvalue weighted by Gasteiger charge is 2.61. The van der Waals surface area contributed by atoms with Crippen molar-refractivity contribution in [2.45, 2.75) is 31.8 Å². The molecule has 10 heteroatoms. The smallest absolute Gasteiger partial charge is 0.362 e. The van der Waals surface area contributed by atoms with Crippen LogP contribution in [0.4, 0.5) is 13.2 Å². The number of aryl methyl sites for hydroxylation is 1. The fourth-order valence-corrected chi connectivity index (χ4v) is 2.03. The lowest BCUT2D eigenvalue weighted by atomic mass is 10.1. The lowest BCUT2D eigenvalue weighted by Crippen LogP contribution is -2.57. The second kappa shape index (κ2) is 4.85. The minimum atomic E-state index is -4.99. The molecule has 1 aliphatic rings. The van der Waals surface area contributed by atoms with Crippen molar-refractivity contribution in [1.29, 1.82) is 0 Å². The lowest BCUT2D eigenvalue weighted by molar-refractivity contribution is -0.302. The van der Waals surface area contributed by atoms with Crippen LogP contribution in [0.2, 0.25) is 0 Å². The number of alkyl halides is 3. The highest BCUT2D eigenvalue weighted by molar-refractivity contribution is 9.10. The minimum absolute atomic E-state index is 0.0535. The topological polar surface area (TPSA) is 70.7 Å². The maximum absolute atomic E-state index is 12.8. The minimum Gasteiger partial charge on any atom is -0.362 e. The normalized spacial score (nSPS) is 22.6. The number of aromatic nitrogens is 2. The first-order valence-corrected chi connectivity index (χ1v) is 6.28. The van der Waals surface area contributed by atoms with Gasteiger partial charge < -0.3 is 5.11 Å². The largest absolute Gasteiger partial charge is 0.438 e. The first-order valence-electron chi connectivity index (χ1n) is 5.49. The van der Waals surface area contributed by atoms with E-state index in [9.17, 15) is 23.1 Å². The summed E-state index contributed by atoms with van der Waals surface area (Å²) in [5.74, 6) is -1.01. The van der Waals surface area contributed by atoms with E-state index in [2.05, 4.69) is 26.1 Å². The second-order valence-electron chi connectivity index (χ2n) is 4.28. The molecule has 1 aliphatic heterocycles. The van der Waals surface area contributed by atoms with E-state index in [-0.39, 0.29) is 5.01 Å². The summed E-state index contributed by atoms with van der Waals surface area (Å²) in [6, 6.07) is 0. The molecule has 0 aromatic carbocycles. The van der Waals surface area contributed by atoms with E-state index in [1.807, 2.05) is 0 Å². The Morgan fingerprint density at radius 1 is 1.60 bits per heavy atom. The zero-order valence-electron chi connectivity index (χ0n) is 10.2. The van der Waals surface area contributed by atoms with E-state index >= 15 is 0 Å². The molecule has 0 fully saturated rings. The van der Waals surface area contributed by atoms with Gasteiger partial charge in [-0.05, 0) is 22.9 Å². The zero-order valence-corrected chi connectivity index (χ0v) is 11.8. The number of halogens is 4. The predicted octanol–water partition coefficient (Wildman–Crippen LogP) is 1.42. The number of aliphatic hydroxyl groups is 1. The quantitative estimate of drug-likeness (QED) is 0.873. The van der Waals surface area contributed by atoms with Crippen molar-refractivity contribution in [3.8, 4) is 0 Å². The van der Waals surface area contributed by atoms with Crippen LogP contribution in [0.3, 0.4) is 0 Å². The van der Waals surface area contributed by atoms with E-state index in [0.29, 0.717) is 10.2 Å². The molecule has 1 N–H and O–H groups in total. The summed E-state index contributed by atoms with van der Waals surface area (Å²) in [4.78, 5) is 11.9. The van der Waals surface area contributed by atoms with Crippen molar-refractivity contribution >= 4 is 28.1 Å². The molecule has 0 saturated heterocycles. The number of carbonyl (C=O) groups is 1. The highest BCUT2D eigenvalue weighted by atomic mass is 79.9. The molecule has 0 spiro atoms. The third kappa shape index (κ3) is 2.44. The van der Waals surface area contributed by atoms with E-state index in [0.717, 1.165) is 6.21 Å². The summed E-state index contributed by atoms with van der Waals surface area (Å²) >= 11 is 3.18. The van der Waals surface area contributed by atoms with Crippen LogP contribution in [0.25, 0.3) is 0 Å². The van der Waals surface area contributed by atoms with E-state index in [1.54, 1.807) is 6.92 Å². The Hall–Kier alpha value is -1.42. The summed E-state index contributed by atoms with van der Waals surface area (Å²) in [5, 5.41) is 16.9. The van der Waals surface area contributed by atoms with Crippen LogP contribution >= 0.6 is 15.9 Å². The zero-order chi connectivity index (χ0) is 15.1. The summed E-state index contributed by atoms with van der Waals surface area (Å²) < 4.78 is 40.2. The van der Waals surface area contributed by atoms with Gasteiger partial charge in [-0.1, -0.05) is 0 Å². The maximum Gasteiger partial charge on any atom is 0.438 e. The lowest BCUT2D eigenvalue weighted by Gasteiger charge is -2.32. The molecule has 110 valence electrons. The molecule has 1 aromatic heterocycles. The molecular formula is C10H10BrF3N4O2. The second-order valence-corrected chi connectivity index (χ2v) is 5.14. The fourth-order valence-electron chi connectivity index (χ4n) is 1.72. The van der Waals surface area contributed by atoms with Gasteiger partial charge in [0.1, 0.15) is 6.54 Å². The van der Waals surface area contributed by atoms with Crippen molar-refractivity contribution in [1.82, 2.24) is 14.8 Å². The van der Waals surface area contributed by atoms with Gasteiger partial charge in [0, 0.05) is 18.8 Å². The molecule has 1 amide bonds. The van der Waals surface area contributed by atoms with Crippen LogP contribution in [0.5, 0.6) is 0 Å². The number of hydrogen-bond donors (Lipinski definition) is 1. The van der Waals surface area contributed by atoms with Gasteiger partial charge in [-0.3, -0.25) is 9.48 Å². The Morgan fingerprint density at radius 2 is 2.25 bits per heavy atom. The molecule has 0 bridgehead atoms. The molecule has 20 heavy (non-hydrogen) atoms. The molecular weight excluding hydrogens is 345 g/mol. The first kappa shape index (κ1) is 15.0. The van der Waals surface area contributed by atoms with E-state index in [4.69, 9.17) is 0 Å². The van der Waals surface area contributed by atoms with Gasteiger partial charge in [0.25, 0.3) is 11.6 Å². The molecule has 0 saturated carbocycles. The van der Waals surface area contributed by atoms with Crippen LogP contribution in [0, 0.1) is 6.92 Å². The van der Waals surface area contributed by atoms with Gasteiger partial charge in [-0.2, -0.15) is 28.4 Å². The van der Waals surface area contributed by atoms with Gasteiger partial charge in [0.15, 0.2) is 0 Å². The summed E-state index contributed by atoms with van der Waals surface area (Å²) in [5.41, 5.74) is -2.70. The third-order valence-corrected chi connectivity index (χ3v) is 3.58. The molecule has 0 radical (unpaired) electrons. The van der Waals surface area contributed by atoms with E-state index in [1.165, 1.54) is 10.9 Å². The first-order chi connectivity index (χ1) is 9.15. The number of amides is 1. The molecule has 2 rings (SSSR count). The number of hydrazone groups is 1. The van der Waals surface area contributed by atoms with Gasteiger partial charge >= 0.3 is 6.18 Å². The summed E-state index contributed by atoms with van der Waals surface area (Å²) in [6.45, 7) is 1.22. The fraction of sp³-hybridized carbons (Fsp3) is 0.500. The van der Waals surface area contributed by atoms with Crippen molar-refractivity contribution < 1.29 is 23.1 Å². The van der Waals surface area contributed by atoms with Crippen molar-refractivity contribution in [2.24, 2.45) is 5.10 Å². The highest BCUT2D eigenvalue weighted by Crippen LogP contribution is 2.38. The van der Waals surface area contributed by atoms with Crippen molar-refractivity contribution in [3.63, 3.8) is 0 Å². The molecule has 1 aromatic rings.